The second-order valence-corrected chi connectivity index (χ2v) is 8.61. The summed E-state index contributed by atoms with van der Waals surface area (Å²) in [5.41, 5.74) is -5.72. The van der Waals surface area contributed by atoms with Crippen LogP contribution in [0, 0.1) is 5.92 Å². The zero-order valence-electron chi connectivity index (χ0n) is 17.4. The Morgan fingerprint density at radius 3 is 2.31 bits per heavy atom. The molecule has 2 aliphatic heterocycles. The van der Waals surface area contributed by atoms with Gasteiger partial charge in [-0.25, -0.2) is 0 Å². The van der Waals surface area contributed by atoms with Gasteiger partial charge >= 0.3 is 12.4 Å². The Balaban J connectivity index is 1.85. The largest absolute Gasteiger partial charge is 0.493 e. The molecule has 0 aromatic heterocycles. The highest BCUT2D eigenvalue weighted by Crippen LogP contribution is 2.56. The Morgan fingerprint density at radius 2 is 1.72 bits per heavy atom. The maximum Gasteiger partial charge on any atom is 0.430 e. The fourth-order valence-corrected chi connectivity index (χ4v) is 4.67. The lowest BCUT2D eigenvalue weighted by molar-refractivity contribution is -0.376. The van der Waals surface area contributed by atoms with E-state index in [2.05, 4.69) is 5.32 Å². The first kappa shape index (κ1) is 22.6. The van der Waals surface area contributed by atoms with Gasteiger partial charge in [-0.05, 0) is 23.8 Å². The predicted octanol–water partition coefficient (Wildman–Crippen LogP) is 5.46. The monoisotopic (exact) mass is 461 g/mol. The highest BCUT2D eigenvalue weighted by molar-refractivity contribution is 5.63. The van der Waals surface area contributed by atoms with E-state index >= 15 is 0 Å². The van der Waals surface area contributed by atoms with E-state index in [4.69, 9.17) is 9.47 Å². The summed E-state index contributed by atoms with van der Waals surface area (Å²) in [5, 5.41) is 13.1. The van der Waals surface area contributed by atoms with Gasteiger partial charge in [0.25, 0.3) is 5.60 Å². The number of para-hydroxylation sites is 1. The maximum atomic E-state index is 13.4. The second kappa shape index (κ2) is 6.94. The van der Waals surface area contributed by atoms with Gasteiger partial charge < -0.3 is 19.9 Å². The summed E-state index contributed by atoms with van der Waals surface area (Å²) in [5.74, 6) is 0.764. The van der Waals surface area contributed by atoms with Crippen molar-refractivity contribution in [3.8, 4) is 11.5 Å². The minimum absolute atomic E-state index is 0.171. The van der Waals surface area contributed by atoms with Crippen molar-refractivity contribution in [2.75, 3.05) is 19.0 Å². The average Bonchev–Trinajstić information content (AvgIpc) is 2.70. The fourth-order valence-electron chi connectivity index (χ4n) is 4.67. The molecule has 2 aromatic rings. The van der Waals surface area contributed by atoms with Crippen molar-refractivity contribution in [2.24, 2.45) is 5.92 Å². The standard InChI is InChI=1S/C22H21F6NO3/c1-19(2)13-9-11(20(30,21(23,24)25)22(26,27)28)7-8-15(13)29-17-12-5-4-6-16(31-3)18(12)32-10-14(17)19/h4-9,14,17,29-30H,10H2,1-3H3/t14-,17+/m0/s1. The topological polar surface area (TPSA) is 50.7 Å². The Labute approximate surface area is 180 Å². The average molecular weight is 461 g/mol. The molecule has 0 aliphatic carbocycles. The van der Waals surface area contributed by atoms with Crippen molar-refractivity contribution >= 4 is 5.69 Å². The molecule has 174 valence electrons. The molecule has 0 spiro atoms. The van der Waals surface area contributed by atoms with Crippen LogP contribution in [0.4, 0.5) is 32.0 Å². The number of hydrogen-bond acceptors (Lipinski definition) is 4. The van der Waals surface area contributed by atoms with E-state index in [1.54, 1.807) is 26.0 Å². The number of alkyl halides is 6. The van der Waals surface area contributed by atoms with E-state index in [0.717, 1.165) is 17.7 Å². The summed E-state index contributed by atoms with van der Waals surface area (Å²) in [7, 11) is 1.50. The molecule has 0 radical (unpaired) electrons. The third kappa shape index (κ3) is 3.02. The minimum atomic E-state index is -5.95. The molecule has 2 aromatic carbocycles. The maximum absolute atomic E-state index is 13.4. The molecule has 4 rings (SSSR count). The van der Waals surface area contributed by atoms with Crippen LogP contribution in [0.1, 0.15) is 36.6 Å². The van der Waals surface area contributed by atoms with Gasteiger partial charge in [-0.1, -0.05) is 32.0 Å². The van der Waals surface area contributed by atoms with Crippen molar-refractivity contribution in [1.29, 1.82) is 0 Å². The molecule has 10 heteroatoms. The Hall–Kier alpha value is -2.62. The molecular weight excluding hydrogens is 440 g/mol. The van der Waals surface area contributed by atoms with Crippen LogP contribution >= 0.6 is 0 Å². The van der Waals surface area contributed by atoms with Crippen LogP contribution in [-0.2, 0) is 11.0 Å². The zero-order valence-corrected chi connectivity index (χ0v) is 17.4. The fraction of sp³-hybridized carbons (Fsp3) is 0.455. The van der Waals surface area contributed by atoms with Gasteiger partial charge in [-0.3, -0.25) is 0 Å². The number of halogens is 6. The van der Waals surface area contributed by atoms with Gasteiger partial charge in [0, 0.05) is 28.1 Å². The first-order valence-electron chi connectivity index (χ1n) is 9.80. The number of methoxy groups -OCH3 is 1. The van der Waals surface area contributed by atoms with Crippen molar-refractivity contribution in [1.82, 2.24) is 0 Å². The smallest absolute Gasteiger partial charge is 0.430 e. The van der Waals surface area contributed by atoms with E-state index in [9.17, 15) is 31.4 Å². The molecule has 0 saturated heterocycles. The molecule has 0 saturated carbocycles. The van der Waals surface area contributed by atoms with Gasteiger partial charge in [0.2, 0.25) is 0 Å². The third-order valence-electron chi connectivity index (χ3n) is 6.56. The molecule has 32 heavy (non-hydrogen) atoms. The summed E-state index contributed by atoms with van der Waals surface area (Å²) < 4.78 is 91.6. The first-order chi connectivity index (χ1) is 14.7. The number of fused-ring (bicyclic) bond motifs is 4. The van der Waals surface area contributed by atoms with Gasteiger partial charge in [0.05, 0.1) is 19.8 Å². The van der Waals surface area contributed by atoms with Crippen LogP contribution in [0.5, 0.6) is 11.5 Å². The molecule has 0 unspecified atom stereocenters. The summed E-state index contributed by atoms with van der Waals surface area (Å²) in [4.78, 5) is 0. The Kier molecular flexibility index (Phi) is 4.89. The van der Waals surface area contributed by atoms with Crippen molar-refractivity contribution in [3.05, 3.63) is 53.1 Å². The van der Waals surface area contributed by atoms with E-state index < -0.39 is 28.9 Å². The molecule has 0 amide bonds. The predicted molar refractivity (Wildman–Crippen MR) is 104 cm³/mol. The van der Waals surface area contributed by atoms with Crippen molar-refractivity contribution < 1.29 is 40.9 Å². The van der Waals surface area contributed by atoms with E-state index in [1.807, 2.05) is 6.07 Å². The van der Waals surface area contributed by atoms with Crippen LogP contribution in [0.2, 0.25) is 0 Å². The lowest BCUT2D eigenvalue weighted by Gasteiger charge is -2.49. The van der Waals surface area contributed by atoms with E-state index in [-0.39, 0.29) is 24.1 Å². The molecule has 4 nitrogen and oxygen atoms in total. The SMILES string of the molecule is COc1cccc2c1OC[C@H]1[C@@H]2Nc2ccc(C(O)(C(F)(F)F)C(F)(F)F)cc2C1(C)C. The Morgan fingerprint density at radius 1 is 1.06 bits per heavy atom. The molecule has 2 N–H and O–H groups in total. The highest BCUT2D eigenvalue weighted by atomic mass is 19.4. The molecule has 2 atom stereocenters. The lowest BCUT2D eigenvalue weighted by Crippen LogP contribution is -2.54. The number of hydrogen-bond donors (Lipinski definition) is 2. The summed E-state index contributed by atoms with van der Waals surface area (Å²) in [6.45, 7) is 3.65. The van der Waals surface area contributed by atoms with Crippen LogP contribution in [0.3, 0.4) is 0 Å². The normalized spacial score (nSPS) is 22.1. The lowest BCUT2D eigenvalue weighted by atomic mass is 9.64. The van der Waals surface area contributed by atoms with Gasteiger partial charge in [0.15, 0.2) is 11.5 Å². The van der Waals surface area contributed by atoms with Crippen molar-refractivity contribution in [3.63, 3.8) is 0 Å². The molecular formula is C22H21F6NO3. The van der Waals surface area contributed by atoms with E-state index in [1.165, 1.54) is 7.11 Å². The number of nitrogens with one attached hydrogen (secondary N) is 1. The minimum Gasteiger partial charge on any atom is -0.493 e. The van der Waals surface area contributed by atoms with Crippen LogP contribution in [0.15, 0.2) is 36.4 Å². The van der Waals surface area contributed by atoms with Gasteiger partial charge in [0.1, 0.15) is 0 Å². The number of rotatable bonds is 2. The number of aliphatic hydroxyl groups is 1. The number of benzene rings is 2. The number of anilines is 1. The molecule has 2 heterocycles. The summed E-state index contributed by atoms with van der Waals surface area (Å²) in [6.07, 6.45) is -11.9. The third-order valence-corrected chi connectivity index (χ3v) is 6.56. The van der Waals surface area contributed by atoms with E-state index in [0.29, 0.717) is 23.3 Å². The molecule has 2 aliphatic rings. The first-order valence-corrected chi connectivity index (χ1v) is 9.80. The highest BCUT2D eigenvalue weighted by Gasteiger charge is 2.71. The summed E-state index contributed by atoms with van der Waals surface area (Å²) >= 11 is 0. The van der Waals surface area contributed by atoms with Gasteiger partial charge in [-0.15, -0.1) is 0 Å². The zero-order chi connectivity index (χ0) is 23.7. The van der Waals surface area contributed by atoms with Crippen LogP contribution in [0.25, 0.3) is 0 Å². The molecule has 0 fully saturated rings. The van der Waals surface area contributed by atoms with Crippen LogP contribution in [-0.4, -0.2) is 31.2 Å². The quantitative estimate of drug-likeness (QED) is 0.584. The van der Waals surface area contributed by atoms with Crippen LogP contribution < -0.4 is 14.8 Å². The molecule has 0 bridgehead atoms. The number of ether oxygens (including phenoxy) is 2. The van der Waals surface area contributed by atoms with Crippen molar-refractivity contribution in [2.45, 2.75) is 43.3 Å². The van der Waals surface area contributed by atoms with Gasteiger partial charge in [-0.2, -0.15) is 26.3 Å². The second-order valence-electron chi connectivity index (χ2n) is 8.61. The summed E-state index contributed by atoms with van der Waals surface area (Å²) in [6, 6.07) is 7.66. The Bertz CT molecular complexity index is 1030.